The van der Waals surface area contributed by atoms with E-state index in [4.69, 9.17) is 4.74 Å². The van der Waals surface area contributed by atoms with Crippen molar-refractivity contribution in [2.24, 2.45) is 0 Å². The zero-order chi connectivity index (χ0) is 18.1. The van der Waals surface area contributed by atoms with Gasteiger partial charge in [-0.05, 0) is 25.3 Å². The third kappa shape index (κ3) is 3.41. The summed E-state index contributed by atoms with van der Waals surface area (Å²) < 4.78 is 5.36. The van der Waals surface area contributed by atoms with Crippen LogP contribution in [0.4, 0.5) is 5.13 Å². The van der Waals surface area contributed by atoms with Gasteiger partial charge in [-0.1, -0.05) is 29.5 Å². The van der Waals surface area contributed by atoms with Crippen LogP contribution in [-0.4, -0.2) is 40.1 Å². The summed E-state index contributed by atoms with van der Waals surface area (Å²) in [7, 11) is 1.60. The molecule has 0 radical (unpaired) electrons. The summed E-state index contributed by atoms with van der Waals surface area (Å²) >= 11 is 1.43. The maximum atomic E-state index is 12.7. The van der Waals surface area contributed by atoms with Crippen LogP contribution < -0.4 is 10.1 Å². The Morgan fingerprint density at radius 1 is 1.31 bits per heavy atom. The first kappa shape index (κ1) is 17.0. The Kier molecular flexibility index (Phi) is 4.58. The number of benzene rings is 1. The minimum absolute atomic E-state index is 0.0213. The van der Waals surface area contributed by atoms with Gasteiger partial charge in [0.2, 0.25) is 16.9 Å². The van der Waals surface area contributed by atoms with Gasteiger partial charge in [-0.3, -0.25) is 14.9 Å². The second-order valence-electron chi connectivity index (χ2n) is 6.60. The number of rotatable bonds is 6. The van der Waals surface area contributed by atoms with E-state index in [2.05, 4.69) is 15.5 Å². The van der Waals surface area contributed by atoms with Crippen LogP contribution in [0.5, 0.6) is 5.75 Å². The van der Waals surface area contributed by atoms with Gasteiger partial charge in [0.1, 0.15) is 16.8 Å². The smallest absolute Gasteiger partial charge is 0.249 e. The molecule has 1 aliphatic heterocycles. The molecular weight excluding hydrogens is 352 g/mol. The van der Waals surface area contributed by atoms with Gasteiger partial charge in [-0.25, -0.2) is 0 Å². The summed E-state index contributed by atoms with van der Waals surface area (Å²) in [5, 5.41) is 12.5. The first-order chi connectivity index (χ1) is 12.7. The average molecular weight is 372 g/mol. The van der Waals surface area contributed by atoms with Gasteiger partial charge in [0.05, 0.1) is 13.7 Å². The molecule has 2 aliphatic rings. The molecule has 1 N–H and O–H groups in total. The molecule has 1 aromatic carbocycles. The molecule has 8 heteroatoms. The highest BCUT2D eigenvalue weighted by atomic mass is 32.1. The lowest BCUT2D eigenvalue weighted by Gasteiger charge is -2.24. The number of nitrogens with one attached hydrogen (secondary N) is 1. The Bertz CT molecular complexity index is 833. The van der Waals surface area contributed by atoms with Crippen molar-refractivity contribution in [1.82, 2.24) is 15.1 Å². The summed E-state index contributed by atoms with van der Waals surface area (Å²) in [5.74, 6) is 0.994. The predicted molar refractivity (Wildman–Crippen MR) is 97.1 cm³/mol. The lowest BCUT2D eigenvalue weighted by Crippen LogP contribution is -2.41. The summed E-state index contributed by atoms with van der Waals surface area (Å²) in [6, 6.07) is 7.04. The molecule has 2 heterocycles. The zero-order valence-electron chi connectivity index (χ0n) is 14.5. The van der Waals surface area contributed by atoms with E-state index < -0.39 is 6.04 Å². The molecule has 1 unspecified atom stereocenters. The lowest BCUT2D eigenvalue weighted by molar-refractivity contribution is -0.133. The SMILES string of the molecule is COc1ccccc1CN1C(=O)CCC1C(=O)Nc1nnc(C2CC2)s1. The van der Waals surface area contributed by atoms with Gasteiger partial charge >= 0.3 is 0 Å². The fourth-order valence-corrected chi connectivity index (χ4v) is 4.11. The van der Waals surface area contributed by atoms with Crippen LogP contribution in [0.15, 0.2) is 24.3 Å². The fourth-order valence-electron chi connectivity index (χ4n) is 3.19. The highest BCUT2D eigenvalue weighted by Gasteiger charge is 2.37. The number of methoxy groups -OCH3 is 1. The number of carbonyl (C=O) groups is 2. The van der Waals surface area contributed by atoms with E-state index in [1.165, 1.54) is 11.3 Å². The highest BCUT2D eigenvalue weighted by molar-refractivity contribution is 7.15. The number of ether oxygens (including phenoxy) is 1. The van der Waals surface area contributed by atoms with Crippen molar-refractivity contribution in [2.45, 2.75) is 44.2 Å². The van der Waals surface area contributed by atoms with Crippen molar-refractivity contribution >= 4 is 28.3 Å². The van der Waals surface area contributed by atoms with Crippen molar-refractivity contribution in [2.75, 3.05) is 12.4 Å². The number of hydrogen-bond donors (Lipinski definition) is 1. The molecular formula is C18H20N4O3S. The quantitative estimate of drug-likeness (QED) is 0.842. The number of aromatic nitrogens is 2. The molecule has 1 saturated heterocycles. The normalized spacial score (nSPS) is 19.7. The van der Waals surface area contributed by atoms with Crippen molar-refractivity contribution in [3.05, 3.63) is 34.8 Å². The number of amides is 2. The molecule has 4 rings (SSSR count). The second-order valence-corrected chi connectivity index (χ2v) is 7.61. The molecule has 2 fully saturated rings. The Balaban J connectivity index is 1.47. The largest absolute Gasteiger partial charge is 0.496 e. The summed E-state index contributed by atoms with van der Waals surface area (Å²) in [4.78, 5) is 26.7. The van der Waals surface area contributed by atoms with E-state index in [0.717, 1.165) is 23.4 Å². The van der Waals surface area contributed by atoms with Gasteiger partial charge < -0.3 is 9.64 Å². The summed E-state index contributed by atoms with van der Waals surface area (Å²) in [6.07, 6.45) is 3.17. The van der Waals surface area contributed by atoms with E-state index in [-0.39, 0.29) is 11.8 Å². The number of anilines is 1. The topological polar surface area (TPSA) is 84.4 Å². The lowest BCUT2D eigenvalue weighted by atomic mass is 10.1. The van der Waals surface area contributed by atoms with Crippen LogP contribution in [0.3, 0.4) is 0 Å². The van der Waals surface area contributed by atoms with Crippen LogP contribution in [0.1, 0.15) is 42.2 Å². The van der Waals surface area contributed by atoms with Gasteiger partial charge in [0.15, 0.2) is 0 Å². The van der Waals surface area contributed by atoms with Gasteiger partial charge in [-0.2, -0.15) is 0 Å². The molecule has 1 aliphatic carbocycles. The van der Waals surface area contributed by atoms with Crippen molar-refractivity contribution in [3.63, 3.8) is 0 Å². The maximum absolute atomic E-state index is 12.7. The summed E-state index contributed by atoms with van der Waals surface area (Å²) in [6.45, 7) is 0.352. The minimum atomic E-state index is -0.499. The third-order valence-electron chi connectivity index (χ3n) is 4.76. The van der Waals surface area contributed by atoms with E-state index in [9.17, 15) is 9.59 Å². The van der Waals surface area contributed by atoms with Crippen molar-refractivity contribution in [3.8, 4) is 5.75 Å². The molecule has 0 bridgehead atoms. The molecule has 0 spiro atoms. The Morgan fingerprint density at radius 2 is 2.12 bits per heavy atom. The van der Waals surface area contributed by atoms with Gasteiger partial charge in [0.25, 0.3) is 0 Å². The number of hydrogen-bond acceptors (Lipinski definition) is 6. The van der Waals surface area contributed by atoms with Crippen molar-refractivity contribution in [1.29, 1.82) is 0 Å². The number of likely N-dealkylation sites (tertiary alicyclic amines) is 1. The Morgan fingerprint density at radius 3 is 2.88 bits per heavy atom. The predicted octanol–water partition coefficient (Wildman–Crippen LogP) is 2.55. The van der Waals surface area contributed by atoms with E-state index in [0.29, 0.717) is 36.2 Å². The Labute approximate surface area is 155 Å². The molecule has 136 valence electrons. The molecule has 1 atom stereocenters. The monoisotopic (exact) mass is 372 g/mol. The van der Waals surface area contributed by atoms with E-state index in [1.807, 2.05) is 24.3 Å². The number of carbonyl (C=O) groups excluding carboxylic acids is 2. The highest BCUT2D eigenvalue weighted by Crippen LogP contribution is 2.42. The van der Waals surface area contributed by atoms with Gasteiger partial charge in [0, 0.05) is 17.9 Å². The van der Waals surface area contributed by atoms with Crippen LogP contribution in [0.2, 0.25) is 0 Å². The van der Waals surface area contributed by atoms with Crippen molar-refractivity contribution < 1.29 is 14.3 Å². The molecule has 1 aromatic heterocycles. The fraction of sp³-hybridized carbons (Fsp3) is 0.444. The average Bonchev–Trinajstić information content (AvgIpc) is 3.30. The first-order valence-electron chi connectivity index (χ1n) is 8.71. The molecule has 7 nitrogen and oxygen atoms in total. The molecule has 2 aromatic rings. The minimum Gasteiger partial charge on any atom is -0.496 e. The third-order valence-corrected chi connectivity index (χ3v) is 5.76. The summed E-state index contributed by atoms with van der Waals surface area (Å²) in [5.41, 5.74) is 0.884. The van der Waals surface area contributed by atoms with Crippen LogP contribution in [0.25, 0.3) is 0 Å². The second kappa shape index (κ2) is 7.03. The first-order valence-corrected chi connectivity index (χ1v) is 9.53. The molecule has 26 heavy (non-hydrogen) atoms. The number of nitrogens with zero attached hydrogens (tertiary/aromatic N) is 3. The zero-order valence-corrected chi connectivity index (χ0v) is 15.3. The van der Waals surface area contributed by atoms with Crippen LogP contribution >= 0.6 is 11.3 Å². The molecule has 1 saturated carbocycles. The van der Waals surface area contributed by atoms with Crippen LogP contribution in [0, 0.1) is 0 Å². The van der Waals surface area contributed by atoms with Gasteiger partial charge in [-0.15, -0.1) is 10.2 Å². The van der Waals surface area contributed by atoms with Crippen LogP contribution in [-0.2, 0) is 16.1 Å². The maximum Gasteiger partial charge on any atom is 0.249 e. The van der Waals surface area contributed by atoms with E-state index in [1.54, 1.807) is 12.0 Å². The van der Waals surface area contributed by atoms with E-state index >= 15 is 0 Å². The Hall–Kier alpha value is -2.48. The standard InChI is InChI=1S/C18H20N4O3S/c1-25-14-5-3-2-4-12(14)10-22-13(8-9-15(22)23)16(24)19-18-21-20-17(26-18)11-6-7-11/h2-5,11,13H,6-10H2,1H3,(H,19,21,24). The number of para-hydroxylation sites is 1. The molecule has 2 amide bonds.